The van der Waals surface area contributed by atoms with Crippen LogP contribution in [0.5, 0.6) is 0 Å². The first-order valence-corrected chi connectivity index (χ1v) is 7.07. The fourth-order valence-corrected chi connectivity index (χ4v) is 2.43. The topological polar surface area (TPSA) is 21.3 Å². The molecule has 1 atom stereocenters. The number of nitrogens with one attached hydrogen (secondary N) is 1. The van der Waals surface area contributed by atoms with Crippen molar-refractivity contribution in [3.05, 3.63) is 48.7 Å². The van der Waals surface area contributed by atoms with Crippen LogP contribution in [0.25, 0.3) is 0 Å². The SMILES string of the molecule is C=COCCCNC(C)CC(C)(C)c1ccccc1. The van der Waals surface area contributed by atoms with E-state index in [1.54, 1.807) is 0 Å². The molecule has 19 heavy (non-hydrogen) atoms. The number of hydrogen-bond acceptors (Lipinski definition) is 2. The summed E-state index contributed by atoms with van der Waals surface area (Å²) in [5.41, 5.74) is 1.60. The van der Waals surface area contributed by atoms with Gasteiger partial charge in [-0.25, -0.2) is 0 Å². The third kappa shape index (κ3) is 5.93. The lowest BCUT2D eigenvalue weighted by Gasteiger charge is -2.29. The Morgan fingerprint density at radius 3 is 2.63 bits per heavy atom. The van der Waals surface area contributed by atoms with Crippen molar-refractivity contribution in [1.82, 2.24) is 5.32 Å². The molecule has 0 bridgehead atoms. The van der Waals surface area contributed by atoms with Gasteiger partial charge in [0.2, 0.25) is 0 Å². The minimum absolute atomic E-state index is 0.200. The highest BCUT2D eigenvalue weighted by molar-refractivity contribution is 5.23. The zero-order valence-electron chi connectivity index (χ0n) is 12.5. The molecule has 0 saturated heterocycles. The minimum atomic E-state index is 0.200. The molecule has 106 valence electrons. The van der Waals surface area contributed by atoms with Gasteiger partial charge >= 0.3 is 0 Å². The summed E-state index contributed by atoms with van der Waals surface area (Å²) in [6, 6.07) is 11.2. The molecule has 2 nitrogen and oxygen atoms in total. The van der Waals surface area contributed by atoms with Gasteiger partial charge in [0, 0.05) is 6.04 Å². The molecule has 0 radical (unpaired) electrons. The minimum Gasteiger partial charge on any atom is -0.502 e. The Balaban J connectivity index is 2.34. The van der Waals surface area contributed by atoms with Crippen LogP contribution in [0.1, 0.15) is 39.2 Å². The Hall–Kier alpha value is -1.28. The first kappa shape index (κ1) is 15.8. The average molecular weight is 261 g/mol. The second kappa shape index (κ2) is 8.00. The van der Waals surface area contributed by atoms with Crippen LogP contribution >= 0.6 is 0 Å². The Kier molecular flexibility index (Phi) is 6.65. The third-order valence-corrected chi connectivity index (χ3v) is 3.42. The van der Waals surface area contributed by atoms with Crippen LogP contribution in [0.15, 0.2) is 43.2 Å². The number of ether oxygens (including phenoxy) is 1. The highest BCUT2D eigenvalue weighted by Crippen LogP contribution is 2.27. The maximum absolute atomic E-state index is 5.11. The molecule has 0 heterocycles. The van der Waals surface area contributed by atoms with Gasteiger partial charge in [0.15, 0.2) is 0 Å². The molecular weight excluding hydrogens is 234 g/mol. The van der Waals surface area contributed by atoms with Gasteiger partial charge in [-0.05, 0) is 37.3 Å². The van der Waals surface area contributed by atoms with E-state index < -0.39 is 0 Å². The van der Waals surface area contributed by atoms with Gasteiger partial charge < -0.3 is 10.1 Å². The van der Waals surface area contributed by atoms with Crippen LogP contribution in [0.4, 0.5) is 0 Å². The zero-order chi connectivity index (χ0) is 14.1. The third-order valence-electron chi connectivity index (χ3n) is 3.42. The molecule has 1 aromatic rings. The van der Waals surface area contributed by atoms with Crippen LogP contribution in [0, 0.1) is 0 Å². The van der Waals surface area contributed by atoms with Gasteiger partial charge in [-0.3, -0.25) is 0 Å². The highest BCUT2D eigenvalue weighted by Gasteiger charge is 2.22. The molecule has 1 rings (SSSR count). The first-order valence-electron chi connectivity index (χ1n) is 7.07. The van der Waals surface area contributed by atoms with Crippen molar-refractivity contribution in [2.75, 3.05) is 13.2 Å². The van der Waals surface area contributed by atoms with Crippen molar-refractivity contribution in [2.45, 2.75) is 45.1 Å². The molecule has 1 N–H and O–H groups in total. The molecule has 0 aliphatic heterocycles. The Labute approximate surface area is 117 Å². The van der Waals surface area contributed by atoms with Gasteiger partial charge in [-0.1, -0.05) is 50.8 Å². The van der Waals surface area contributed by atoms with Crippen molar-refractivity contribution < 1.29 is 4.74 Å². The lowest BCUT2D eigenvalue weighted by molar-refractivity contribution is 0.241. The van der Waals surface area contributed by atoms with Crippen LogP contribution in [0.3, 0.4) is 0 Å². The van der Waals surface area contributed by atoms with Crippen LogP contribution in [-0.2, 0) is 10.2 Å². The van der Waals surface area contributed by atoms with E-state index in [1.807, 2.05) is 0 Å². The van der Waals surface area contributed by atoms with Crippen molar-refractivity contribution in [3.63, 3.8) is 0 Å². The molecule has 1 unspecified atom stereocenters. The maximum atomic E-state index is 5.11. The van der Waals surface area contributed by atoms with E-state index in [1.165, 1.54) is 11.8 Å². The monoisotopic (exact) mass is 261 g/mol. The number of rotatable bonds is 9. The van der Waals surface area contributed by atoms with Gasteiger partial charge in [-0.15, -0.1) is 0 Å². The fourth-order valence-electron chi connectivity index (χ4n) is 2.43. The average Bonchev–Trinajstić information content (AvgIpc) is 2.39. The van der Waals surface area contributed by atoms with Gasteiger partial charge in [0.25, 0.3) is 0 Å². The molecule has 0 spiro atoms. The van der Waals surface area contributed by atoms with E-state index >= 15 is 0 Å². The van der Waals surface area contributed by atoms with Crippen molar-refractivity contribution in [1.29, 1.82) is 0 Å². The van der Waals surface area contributed by atoms with Crippen LogP contribution in [0.2, 0.25) is 0 Å². The van der Waals surface area contributed by atoms with E-state index in [-0.39, 0.29) is 5.41 Å². The predicted molar refractivity (Wildman–Crippen MR) is 82.3 cm³/mol. The highest BCUT2D eigenvalue weighted by atomic mass is 16.5. The number of hydrogen-bond donors (Lipinski definition) is 1. The molecule has 0 aliphatic carbocycles. The molecule has 0 aromatic heterocycles. The molecule has 0 fully saturated rings. The van der Waals surface area contributed by atoms with E-state index in [0.29, 0.717) is 6.04 Å². The smallest absolute Gasteiger partial charge is 0.0885 e. The van der Waals surface area contributed by atoms with E-state index in [9.17, 15) is 0 Å². The fraction of sp³-hybridized carbons (Fsp3) is 0.529. The Bertz CT molecular complexity index is 359. The van der Waals surface area contributed by atoms with E-state index in [2.05, 4.69) is 63.0 Å². The molecular formula is C17H27NO. The van der Waals surface area contributed by atoms with Gasteiger partial charge in [-0.2, -0.15) is 0 Å². The van der Waals surface area contributed by atoms with Crippen molar-refractivity contribution in [2.24, 2.45) is 0 Å². The molecule has 0 aliphatic rings. The summed E-state index contributed by atoms with van der Waals surface area (Å²) in [4.78, 5) is 0. The summed E-state index contributed by atoms with van der Waals surface area (Å²) >= 11 is 0. The largest absolute Gasteiger partial charge is 0.502 e. The van der Waals surface area contributed by atoms with Crippen LogP contribution in [-0.4, -0.2) is 19.2 Å². The summed E-state index contributed by atoms with van der Waals surface area (Å²) in [5.74, 6) is 0. The summed E-state index contributed by atoms with van der Waals surface area (Å²) in [5, 5.41) is 3.55. The van der Waals surface area contributed by atoms with E-state index in [0.717, 1.165) is 26.0 Å². The molecule has 0 saturated carbocycles. The second-order valence-corrected chi connectivity index (χ2v) is 5.70. The van der Waals surface area contributed by atoms with Gasteiger partial charge in [0.1, 0.15) is 0 Å². The number of benzene rings is 1. The van der Waals surface area contributed by atoms with Crippen molar-refractivity contribution in [3.8, 4) is 0 Å². The lowest BCUT2D eigenvalue weighted by Crippen LogP contribution is -2.34. The Morgan fingerprint density at radius 2 is 2.00 bits per heavy atom. The molecule has 2 heteroatoms. The standard InChI is InChI=1S/C17H27NO/c1-5-19-13-9-12-18-15(2)14-17(3,4)16-10-7-6-8-11-16/h5-8,10-11,15,18H,1,9,12-14H2,2-4H3. The summed E-state index contributed by atoms with van der Waals surface area (Å²) in [6.07, 6.45) is 3.64. The predicted octanol–water partition coefficient (Wildman–Crippen LogP) is 3.88. The zero-order valence-corrected chi connectivity index (χ0v) is 12.5. The normalized spacial score (nSPS) is 13.0. The molecule has 0 amide bonds. The Morgan fingerprint density at radius 1 is 1.32 bits per heavy atom. The molecule has 1 aromatic carbocycles. The van der Waals surface area contributed by atoms with Crippen LogP contribution < -0.4 is 5.32 Å². The summed E-state index contributed by atoms with van der Waals surface area (Å²) in [7, 11) is 0. The van der Waals surface area contributed by atoms with E-state index in [4.69, 9.17) is 4.74 Å². The summed E-state index contributed by atoms with van der Waals surface area (Å²) < 4.78 is 5.11. The van der Waals surface area contributed by atoms with Gasteiger partial charge in [0.05, 0.1) is 12.9 Å². The maximum Gasteiger partial charge on any atom is 0.0885 e. The second-order valence-electron chi connectivity index (χ2n) is 5.70. The summed E-state index contributed by atoms with van der Waals surface area (Å²) in [6.45, 7) is 12.1. The lowest BCUT2D eigenvalue weighted by atomic mass is 9.79. The van der Waals surface area contributed by atoms with Crippen molar-refractivity contribution >= 4 is 0 Å². The first-order chi connectivity index (χ1) is 9.06. The quantitative estimate of drug-likeness (QED) is 0.538.